The number of anilines is 3. The van der Waals surface area contributed by atoms with E-state index in [1.807, 2.05) is 19.1 Å². The van der Waals surface area contributed by atoms with Crippen LogP contribution in [0.1, 0.15) is 15.9 Å². The number of amides is 1. The minimum atomic E-state index is -0.665. The van der Waals surface area contributed by atoms with Crippen LogP contribution >= 0.6 is 0 Å². The van der Waals surface area contributed by atoms with Gasteiger partial charge < -0.3 is 21.1 Å². The van der Waals surface area contributed by atoms with Gasteiger partial charge in [-0.3, -0.25) is 4.79 Å². The van der Waals surface area contributed by atoms with E-state index in [1.54, 1.807) is 30.3 Å². The maximum atomic E-state index is 12.3. The Kier molecular flexibility index (Phi) is 5.96. The largest absolute Gasteiger partial charge is 0.465 e. The van der Waals surface area contributed by atoms with Gasteiger partial charge in [-0.2, -0.15) is 5.26 Å². The number of carbonyl (C=O) groups excluding carboxylic acids is 2. The number of methoxy groups -OCH3 is 1. The molecule has 0 aromatic heterocycles. The summed E-state index contributed by atoms with van der Waals surface area (Å²) >= 11 is 0. The Morgan fingerprint density at radius 2 is 1.92 bits per heavy atom. The van der Waals surface area contributed by atoms with Gasteiger partial charge in [-0.05, 0) is 36.8 Å². The predicted octanol–water partition coefficient (Wildman–Crippen LogP) is 2.82. The second kappa shape index (κ2) is 8.35. The molecule has 0 saturated heterocycles. The zero-order chi connectivity index (χ0) is 19.1. The highest BCUT2D eigenvalue weighted by Crippen LogP contribution is 2.20. The first-order valence-electron chi connectivity index (χ1n) is 7.68. The van der Waals surface area contributed by atoms with Crippen LogP contribution in [0.3, 0.4) is 0 Å². The molecular formula is C19H18N4O3. The topological polar surface area (TPSA) is 117 Å². The standard InChI is InChI=1S/C19H18N4O3/c1-12-7-8-17(15(21)9-12)22-11-13(10-20)18(24)23-16-6-4-3-5-14(16)19(25)26-2/h3-9,11,22H,21H2,1-2H3,(H,23,24)/b13-11-. The van der Waals surface area contributed by atoms with E-state index in [-0.39, 0.29) is 16.8 Å². The summed E-state index contributed by atoms with van der Waals surface area (Å²) < 4.78 is 4.68. The van der Waals surface area contributed by atoms with Gasteiger partial charge in [-0.1, -0.05) is 18.2 Å². The van der Waals surface area contributed by atoms with E-state index in [2.05, 4.69) is 15.4 Å². The third-order valence-electron chi connectivity index (χ3n) is 3.52. The fourth-order valence-electron chi connectivity index (χ4n) is 2.18. The molecule has 4 N–H and O–H groups in total. The van der Waals surface area contributed by atoms with Crippen molar-refractivity contribution >= 4 is 28.9 Å². The van der Waals surface area contributed by atoms with Crippen LogP contribution in [-0.4, -0.2) is 19.0 Å². The first-order valence-corrected chi connectivity index (χ1v) is 7.68. The van der Waals surface area contributed by atoms with E-state index < -0.39 is 11.9 Å². The monoisotopic (exact) mass is 350 g/mol. The molecule has 26 heavy (non-hydrogen) atoms. The molecule has 0 spiro atoms. The van der Waals surface area contributed by atoms with Crippen molar-refractivity contribution < 1.29 is 14.3 Å². The second-order valence-corrected chi connectivity index (χ2v) is 5.40. The molecule has 0 saturated carbocycles. The summed E-state index contributed by atoms with van der Waals surface area (Å²) in [6.45, 7) is 1.91. The minimum Gasteiger partial charge on any atom is -0.465 e. The molecule has 0 radical (unpaired) electrons. The lowest BCUT2D eigenvalue weighted by Crippen LogP contribution is -2.17. The summed E-state index contributed by atoms with van der Waals surface area (Å²) in [4.78, 5) is 24.1. The Labute approximate surface area is 151 Å². The molecule has 0 atom stereocenters. The number of hydrogen-bond acceptors (Lipinski definition) is 6. The Bertz CT molecular complexity index is 913. The van der Waals surface area contributed by atoms with E-state index in [4.69, 9.17) is 5.73 Å². The maximum Gasteiger partial charge on any atom is 0.339 e. The van der Waals surface area contributed by atoms with Gasteiger partial charge in [0.15, 0.2) is 0 Å². The minimum absolute atomic E-state index is 0.176. The van der Waals surface area contributed by atoms with Crippen molar-refractivity contribution in [3.8, 4) is 6.07 Å². The summed E-state index contributed by atoms with van der Waals surface area (Å²) in [5.74, 6) is -1.25. The molecule has 2 rings (SSSR count). The van der Waals surface area contributed by atoms with Crippen molar-refractivity contribution in [3.05, 3.63) is 65.4 Å². The fraction of sp³-hybridized carbons (Fsp3) is 0.105. The first kappa shape index (κ1) is 18.5. The highest BCUT2D eigenvalue weighted by atomic mass is 16.5. The number of nitrogen functional groups attached to an aromatic ring is 1. The Hall–Kier alpha value is -3.79. The van der Waals surface area contributed by atoms with E-state index >= 15 is 0 Å². The van der Waals surface area contributed by atoms with E-state index in [0.29, 0.717) is 11.4 Å². The molecule has 2 aromatic carbocycles. The smallest absolute Gasteiger partial charge is 0.339 e. The normalized spacial score (nSPS) is 10.6. The molecule has 132 valence electrons. The number of aryl methyl sites for hydroxylation is 1. The second-order valence-electron chi connectivity index (χ2n) is 5.40. The van der Waals surface area contributed by atoms with Crippen LogP contribution in [0.15, 0.2) is 54.2 Å². The van der Waals surface area contributed by atoms with Crippen molar-refractivity contribution in [2.24, 2.45) is 0 Å². The zero-order valence-electron chi connectivity index (χ0n) is 14.4. The van der Waals surface area contributed by atoms with Crippen LogP contribution in [0.4, 0.5) is 17.1 Å². The van der Waals surface area contributed by atoms with Gasteiger partial charge >= 0.3 is 5.97 Å². The molecule has 0 aliphatic rings. The molecule has 0 aliphatic carbocycles. The molecule has 2 aromatic rings. The number of esters is 1. The summed E-state index contributed by atoms with van der Waals surface area (Å²) in [6.07, 6.45) is 1.26. The molecule has 7 nitrogen and oxygen atoms in total. The van der Waals surface area contributed by atoms with Crippen molar-refractivity contribution in [2.75, 3.05) is 23.5 Å². The van der Waals surface area contributed by atoms with Crippen LogP contribution < -0.4 is 16.4 Å². The average Bonchev–Trinajstić information content (AvgIpc) is 2.63. The van der Waals surface area contributed by atoms with Crippen molar-refractivity contribution in [1.82, 2.24) is 0 Å². The number of rotatable bonds is 5. The Morgan fingerprint density at radius 3 is 2.58 bits per heavy atom. The van der Waals surface area contributed by atoms with Crippen LogP contribution in [0.5, 0.6) is 0 Å². The van der Waals surface area contributed by atoms with Crippen LogP contribution in [0, 0.1) is 18.3 Å². The van der Waals surface area contributed by atoms with Gasteiger partial charge in [0.2, 0.25) is 0 Å². The SMILES string of the molecule is COC(=O)c1ccccc1NC(=O)/C(C#N)=C\Nc1ccc(C)cc1N. The van der Waals surface area contributed by atoms with Crippen molar-refractivity contribution in [3.63, 3.8) is 0 Å². The molecule has 0 unspecified atom stereocenters. The van der Waals surface area contributed by atoms with Gasteiger partial charge in [0.1, 0.15) is 11.6 Å². The first-order chi connectivity index (χ1) is 12.5. The van der Waals surface area contributed by atoms with E-state index in [1.165, 1.54) is 19.4 Å². The summed E-state index contributed by atoms with van der Waals surface area (Å²) in [5, 5.41) is 14.6. The quantitative estimate of drug-likeness (QED) is 0.330. The summed E-state index contributed by atoms with van der Waals surface area (Å²) in [7, 11) is 1.25. The lowest BCUT2D eigenvalue weighted by molar-refractivity contribution is -0.112. The van der Waals surface area contributed by atoms with Crippen LogP contribution in [0.2, 0.25) is 0 Å². The molecular weight excluding hydrogens is 332 g/mol. The number of carbonyl (C=O) groups is 2. The number of hydrogen-bond donors (Lipinski definition) is 3. The maximum absolute atomic E-state index is 12.3. The van der Waals surface area contributed by atoms with Gasteiger partial charge in [0.05, 0.1) is 29.7 Å². The molecule has 1 amide bonds. The highest BCUT2D eigenvalue weighted by molar-refractivity contribution is 6.09. The van der Waals surface area contributed by atoms with Gasteiger partial charge in [-0.25, -0.2) is 4.79 Å². The van der Waals surface area contributed by atoms with Crippen LogP contribution in [-0.2, 0) is 9.53 Å². The summed E-state index contributed by atoms with van der Waals surface area (Å²) in [6, 6.07) is 13.6. The Morgan fingerprint density at radius 1 is 1.19 bits per heavy atom. The average molecular weight is 350 g/mol. The molecule has 0 fully saturated rings. The van der Waals surface area contributed by atoms with Crippen molar-refractivity contribution in [2.45, 2.75) is 6.92 Å². The Balaban J connectivity index is 2.19. The van der Waals surface area contributed by atoms with E-state index in [0.717, 1.165) is 5.56 Å². The predicted molar refractivity (Wildman–Crippen MR) is 99.3 cm³/mol. The number of nitrogens with two attached hydrogens (primary N) is 1. The lowest BCUT2D eigenvalue weighted by atomic mass is 10.1. The van der Waals surface area contributed by atoms with Crippen molar-refractivity contribution in [1.29, 1.82) is 5.26 Å². The number of ether oxygens (including phenoxy) is 1. The fourth-order valence-corrected chi connectivity index (χ4v) is 2.18. The van der Waals surface area contributed by atoms with Crippen LogP contribution in [0.25, 0.3) is 0 Å². The number of benzene rings is 2. The highest BCUT2D eigenvalue weighted by Gasteiger charge is 2.15. The number of nitrogens with zero attached hydrogens (tertiary/aromatic N) is 1. The van der Waals surface area contributed by atoms with E-state index in [9.17, 15) is 14.9 Å². The number of nitrogens with one attached hydrogen (secondary N) is 2. The third-order valence-corrected chi connectivity index (χ3v) is 3.52. The number of nitriles is 1. The molecule has 0 heterocycles. The molecule has 7 heteroatoms. The molecule has 0 bridgehead atoms. The van der Waals surface area contributed by atoms with Gasteiger partial charge in [0.25, 0.3) is 5.91 Å². The van der Waals surface area contributed by atoms with Gasteiger partial charge in [-0.15, -0.1) is 0 Å². The molecule has 0 aliphatic heterocycles. The van der Waals surface area contributed by atoms with Gasteiger partial charge in [0, 0.05) is 6.20 Å². The lowest BCUT2D eigenvalue weighted by Gasteiger charge is -2.10. The zero-order valence-corrected chi connectivity index (χ0v) is 14.4. The summed E-state index contributed by atoms with van der Waals surface area (Å²) in [5.41, 5.74) is 8.22. The third kappa shape index (κ3) is 4.39. The number of para-hydroxylation sites is 1.